The minimum absolute atomic E-state index is 0.0773. The van der Waals surface area contributed by atoms with Crippen molar-refractivity contribution in [2.75, 3.05) is 5.32 Å². The molecule has 0 saturated heterocycles. The van der Waals surface area contributed by atoms with Crippen LogP contribution in [0, 0.1) is 6.92 Å². The van der Waals surface area contributed by atoms with Crippen molar-refractivity contribution in [1.82, 2.24) is 4.98 Å². The lowest BCUT2D eigenvalue weighted by atomic mass is 10.1. The molecule has 2 rings (SSSR count). The van der Waals surface area contributed by atoms with Crippen LogP contribution < -0.4 is 5.32 Å². The van der Waals surface area contributed by atoms with E-state index in [0.29, 0.717) is 6.42 Å². The minimum Gasteiger partial charge on any atom is -0.326 e. The van der Waals surface area contributed by atoms with Crippen molar-refractivity contribution < 1.29 is 4.79 Å². The number of unbranched alkanes of at least 4 members (excludes halogenated alkanes) is 1. The molecule has 0 saturated carbocycles. The van der Waals surface area contributed by atoms with E-state index < -0.39 is 0 Å². The van der Waals surface area contributed by atoms with Crippen molar-refractivity contribution >= 4 is 22.9 Å². The van der Waals surface area contributed by atoms with Crippen molar-refractivity contribution in [3.63, 3.8) is 0 Å². The average molecular weight is 274 g/mol. The van der Waals surface area contributed by atoms with Crippen LogP contribution in [-0.4, -0.2) is 10.9 Å². The summed E-state index contributed by atoms with van der Waals surface area (Å²) in [6.45, 7) is 4.07. The number of rotatable bonds is 5. The Balaban J connectivity index is 2.09. The number of anilines is 1. The van der Waals surface area contributed by atoms with Crippen LogP contribution in [0.5, 0.6) is 0 Å². The molecule has 0 bridgehead atoms. The molecular weight excluding hydrogens is 256 g/mol. The highest BCUT2D eigenvalue weighted by molar-refractivity contribution is 7.09. The van der Waals surface area contributed by atoms with Crippen molar-refractivity contribution in [3.8, 4) is 11.3 Å². The Hall–Kier alpha value is -1.68. The number of carbonyl (C=O) groups is 1. The third-order valence-electron chi connectivity index (χ3n) is 2.82. The number of amides is 1. The number of thiazole rings is 1. The molecule has 0 radical (unpaired) electrons. The van der Waals surface area contributed by atoms with Gasteiger partial charge >= 0.3 is 0 Å². The van der Waals surface area contributed by atoms with Crippen LogP contribution in [0.25, 0.3) is 11.3 Å². The maximum absolute atomic E-state index is 11.7. The molecule has 19 heavy (non-hydrogen) atoms. The van der Waals surface area contributed by atoms with E-state index in [4.69, 9.17) is 0 Å². The zero-order valence-electron chi connectivity index (χ0n) is 11.3. The third-order valence-corrected chi connectivity index (χ3v) is 3.59. The fourth-order valence-electron chi connectivity index (χ4n) is 1.81. The van der Waals surface area contributed by atoms with Gasteiger partial charge < -0.3 is 5.32 Å². The van der Waals surface area contributed by atoms with Gasteiger partial charge in [0.15, 0.2) is 0 Å². The Bertz CT molecular complexity index is 563. The fourth-order valence-corrected chi connectivity index (χ4v) is 2.44. The summed E-state index contributed by atoms with van der Waals surface area (Å²) in [5.41, 5.74) is 2.84. The Morgan fingerprint density at radius 3 is 2.95 bits per heavy atom. The van der Waals surface area contributed by atoms with Crippen LogP contribution in [0.15, 0.2) is 29.6 Å². The van der Waals surface area contributed by atoms with E-state index in [1.807, 2.05) is 36.6 Å². The first-order valence-corrected chi connectivity index (χ1v) is 7.39. The summed E-state index contributed by atoms with van der Waals surface area (Å²) in [5.74, 6) is 0.0773. The highest BCUT2D eigenvalue weighted by atomic mass is 32.1. The number of nitrogens with zero attached hydrogens (tertiary/aromatic N) is 1. The second-order valence-electron chi connectivity index (χ2n) is 4.48. The van der Waals surface area contributed by atoms with E-state index >= 15 is 0 Å². The van der Waals surface area contributed by atoms with Crippen LogP contribution in [0.1, 0.15) is 31.2 Å². The van der Waals surface area contributed by atoms with Crippen molar-refractivity contribution in [2.24, 2.45) is 0 Å². The van der Waals surface area contributed by atoms with E-state index in [9.17, 15) is 4.79 Å². The number of aryl methyl sites for hydroxylation is 1. The highest BCUT2D eigenvalue weighted by Gasteiger charge is 2.05. The molecule has 0 fully saturated rings. The van der Waals surface area contributed by atoms with Gasteiger partial charge in [-0.1, -0.05) is 25.5 Å². The van der Waals surface area contributed by atoms with Gasteiger partial charge in [-0.3, -0.25) is 4.79 Å². The second kappa shape index (κ2) is 6.48. The molecule has 1 heterocycles. The molecule has 4 heteroatoms. The zero-order chi connectivity index (χ0) is 13.7. The molecule has 100 valence electrons. The van der Waals surface area contributed by atoms with Gasteiger partial charge in [0.25, 0.3) is 0 Å². The zero-order valence-corrected chi connectivity index (χ0v) is 12.1. The fraction of sp³-hybridized carbons (Fsp3) is 0.333. The molecule has 1 N–H and O–H groups in total. The molecular formula is C15H18N2OS. The van der Waals surface area contributed by atoms with Gasteiger partial charge in [0.1, 0.15) is 0 Å². The number of benzene rings is 1. The lowest BCUT2D eigenvalue weighted by Crippen LogP contribution is -2.10. The van der Waals surface area contributed by atoms with E-state index in [1.165, 1.54) is 0 Å². The van der Waals surface area contributed by atoms with E-state index in [-0.39, 0.29) is 5.91 Å². The monoisotopic (exact) mass is 274 g/mol. The molecule has 0 spiro atoms. The van der Waals surface area contributed by atoms with Gasteiger partial charge in [0, 0.05) is 23.1 Å². The van der Waals surface area contributed by atoms with Gasteiger partial charge in [-0.15, -0.1) is 11.3 Å². The lowest BCUT2D eigenvalue weighted by molar-refractivity contribution is -0.116. The van der Waals surface area contributed by atoms with Crippen LogP contribution in [-0.2, 0) is 4.79 Å². The number of aromatic nitrogens is 1. The maximum Gasteiger partial charge on any atom is 0.224 e. The standard InChI is InChI=1S/C15H18N2OS/c1-3-4-8-15(18)17-13-7-5-6-12(9-13)14-10-19-11(2)16-14/h5-7,9-10H,3-4,8H2,1-2H3,(H,17,18). The SMILES string of the molecule is CCCCC(=O)Nc1cccc(-c2csc(C)n2)c1. The largest absolute Gasteiger partial charge is 0.326 e. The van der Waals surface area contributed by atoms with E-state index in [1.54, 1.807) is 11.3 Å². The molecule has 1 aromatic heterocycles. The molecule has 0 aliphatic heterocycles. The van der Waals surface area contributed by atoms with Crippen molar-refractivity contribution in [3.05, 3.63) is 34.7 Å². The summed E-state index contributed by atoms with van der Waals surface area (Å²) < 4.78 is 0. The summed E-state index contributed by atoms with van der Waals surface area (Å²) in [7, 11) is 0. The maximum atomic E-state index is 11.7. The number of nitrogens with one attached hydrogen (secondary N) is 1. The molecule has 0 unspecified atom stereocenters. The summed E-state index contributed by atoms with van der Waals surface area (Å²) in [5, 5.41) is 6.01. The highest BCUT2D eigenvalue weighted by Crippen LogP contribution is 2.24. The van der Waals surface area contributed by atoms with Crippen LogP contribution in [0.4, 0.5) is 5.69 Å². The Kier molecular flexibility index (Phi) is 4.68. The number of carbonyl (C=O) groups excluding carboxylic acids is 1. The Morgan fingerprint density at radius 1 is 1.42 bits per heavy atom. The molecule has 0 aliphatic carbocycles. The first-order valence-electron chi connectivity index (χ1n) is 6.51. The van der Waals surface area contributed by atoms with Crippen molar-refractivity contribution in [2.45, 2.75) is 33.1 Å². The average Bonchev–Trinajstić information content (AvgIpc) is 2.83. The number of hydrogen-bond acceptors (Lipinski definition) is 3. The Morgan fingerprint density at radius 2 is 2.26 bits per heavy atom. The van der Waals surface area contributed by atoms with E-state index in [2.05, 4.69) is 17.2 Å². The predicted octanol–water partition coefficient (Wildman–Crippen LogP) is 4.25. The third kappa shape index (κ3) is 3.89. The Labute approximate surface area is 117 Å². The summed E-state index contributed by atoms with van der Waals surface area (Å²) in [6.07, 6.45) is 2.54. The van der Waals surface area contributed by atoms with Crippen LogP contribution in [0.3, 0.4) is 0 Å². The van der Waals surface area contributed by atoms with Gasteiger partial charge in [-0.05, 0) is 25.5 Å². The van der Waals surface area contributed by atoms with E-state index in [0.717, 1.165) is 34.8 Å². The lowest BCUT2D eigenvalue weighted by Gasteiger charge is -2.06. The first kappa shape index (κ1) is 13.7. The van der Waals surface area contributed by atoms with Crippen molar-refractivity contribution in [1.29, 1.82) is 0 Å². The van der Waals surface area contributed by atoms with Gasteiger partial charge in [-0.25, -0.2) is 4.98 Å². The van der Waals surface area contributed by atoms with Gasteiger partial charge in [-0.2, -0.15) is 0 Å². The van der Waals surface area contributed by atoms with Crippen LogP contribution in [0.2, 0.25) is 0 Å². The second-order valence-corrected chi connectivity index (χ2v) is 5.55. The molecule has 0 atom stereocenters. The number of hydrogen-bond donors (Lipinski definition) is 1. The normalized spacial score (nSPS) is 10.4. The van der Waals surface area contributed by atoms with Gasteiger partial charge in [0.05, 0.1) is 10.7 Å². The summed E-state index contributed by atoms with van der Waals surface area (Å²) in [6, 6.07) is 7.83. The predicted molar refractivity (Wildman–Crippen MR) is 80.4 cm³/mol. The summed E-state index contributed by atoms with van der Waals surface area (Å²) >= 11 is 1.63. The summed E-state index contributed by atoms with van der Waals surface area (Å²) in [4.78, 5) is 16.2. The molecule has 0 aliphatic rings. The quantitative estimate of drug-likeness (QED) is 0.885. The molecule has 2 aromatic rings. The van der Waals surface area contributed by atoms with Crippen LogP contribution >= 0.6 is 11.3 Å². The molecule has 3 nitrogen and oxygen atoms in total. The first-order chi connectivity index (χ1) is 9.19. The minimum atomic E-state index is 0.0773. The topological polar surface area (TPSA) is 42.0 Å². The molecule has 1 amide bonds. The smallest absolute Gasteiger partial charge is 0.224 e. The molecule has 1 aromatic carbocycles. The van der Waals surface area contributed by atoms with Gasteiger partial charge in [0.2, 0.25) is 5.91 Å².